The Morgan fingerprint density at radius 2 is 1.75 bits per heavy atom. The van der Waals surface area contributed by atoms with Gasteiger partial charge in [-0.2, -0.15) is 0 Å². The van der Waals surface area contributed by atoms with Gasteiger partial charge in [-0.05, 0) is 25.3 Å². The van der Waals surface area contributed by atoms with E-state index in [2.05, 4.69) is 35.9 Å². The van der Waals surface area contributed by atoms with Gasteiger partial charge in [-0.15, -0.1) is 0 Å². The van der Waals surface area contributed by atoms with Gasteiger partial charge in [0.25, 0.3) is 0 Å². The molecule has 4 nitrogen and oxygen atoms in total. The fourth-order valence-electron chi connectivity index (χ4n) is 3.22. The number of nitrogens with zero attached hydrogens (tertiary/aromatic N) is 2. The molecular formula is C16H33N3O. The van der Waals surface area contributed by atoms with E-state index in [0.29, 0.717) is 12.1 Å². The zero-order chi connectivity index (χ0) is 14.4. The lowest BCUT2D eigenvalue weighted by Gasteiger charge is -2.38. The van der Waals surface area contributed by atoms with Gasteiger partial charge in [-0.25, -0.2) is 0 Å². The summed E-state index contributed by atoms with van der Waals surface area (Å²) >= 11 is 0. The predicted octanol–water partition coefficient (Wildman–Crippen LogP) is 1.42. The van der Waals surface area contributed by atoms with E-state index in [1.54, 1.807) is 0 Å². The van der Waals surface area contributed by atoms with Gasteiger partial charge in [0.1, 0.15) is 0 Å². The molecule has 0 atom stereocenters. The Labute approximate surface area is 124 Å². The molecule has 0 bridgehead atoms. The van der Waals surface area contributed by atoms with Gasteiger partial charge >= 0.3 is 0 Å². The lowest BCUT2D eigenvalue weighted by molar-refractivity contribution is -0.0276. The molecule has 0 aromatic heterocycles. The van der Waals surface area contributed by atoms with Gasteiger partial charge in [-0.3, -0.25) is 4.90 Å². The first-order valence-electron chi connectivity index (χ1n) is 8.47. The molecule has 1 aliphatic carbocycles. The average molecular weight is 283 g/mol. The molecule has 0 aromatic carbocycles. The quantitative estimate of drug-likeness (QED) is 0.729. The molecule has 1 saturated carbocycles. The molecule has 2 rings (SSSR count). The highest BCUT2D eigenvalue weighted by atomic mass is 16.5. The van der Waals surface area contributed by atoms with Crippen LogP contribution in [0.4, 0.5) is 0 Å². The summed E-state index contributed by atoms with van der Waals surface area (Å²) in [6, 6.07) is 0.713. The van der Waals surface area contributed by atoms with Crippen LogP contribution in [-0.2, 0) is 4.74 Å². The summed E-state index contributed by atoms with van der Waals surface area (Å²) < 4.78 is 5.95. The highest BCUT2D eigenvalue weighted by molar-refractivity contribution is 4.85. The van der Waals surface area contributed by atoms with Crippen LogP contribution in [0, 0.1) is 5.92 Å². The van der Waals surface area contributed by atoms with Crippen LogP contribution in [0.2, 0.25) is 0 Å². The van der Waals surface area contributed by atoms with E-state index in [1.165, 1.54) is 45.6 Å². The standard InChI is InChI=1S/C16H33N3O/c1-4-17-15-11-16(12-15)20-10-9-18-5-7-19(8-6-18)13-14(2)3/h14-17H,4-13H2,1-3H3/t15-,16-. The highest BCUT2D eigenvalue weighted by Gasteiger charge is 2.29. The lowest BCUT2D eigenvalue weighted by atomic mass is 9.89. The molecule has 0 unspecified atom stereocenters. The van der Waals surface area contributed by atoms with E-state index < -0.39 is 0 Å². The summed E-state index contributed by atoms with van der Waals surface area (Å²) in [6.45, 7) is 16.0. The van der Waals surface area contributed by atoms with Crippen LogP contribution < -0.4 is 5.32 Å². The van der Waals surface area contributed by atoms with Gasteiger partial charge in [0.2, 0.25) is 0 Å². The van der Waals surface area contributed by atoms with Gasteiger partial charge in [0, 0.05) is 45.3 Å². The normalized spacial score (nSPS) is 28.8. The van der Waals surface area contributed by atoms with Gasteiger partial charge in [-0.1, -0.05) is 20.8 Å². The Kier molecular flexibility index (Phi) is 6.75. The maximum absolute atomic E-state index is 5.95. The third-order valence-corrected chi connectivity index (χ3v) is 4.44. The van der Waals surface area contributed by atoms with Crippen LogP contribution in [-0.4, -0.2) is 74.4 Å². The number of hydrogen-bond acceptors (Lipinski definition) is 4. The summed E-state index contributed by atoms with van der Waals surface area (Å²) in [4.78, 5) is 5.15. The summed E-state index contributed by atoms with van der Waals surface area (Å²) in [6.07, 6.45) is 2.92. The van der Waals surface area contributed by atoms with E-state index in [1.807, 2.05) is 0 Å². The lowest BCUT2D eigenvalue weighted by Crippen LogP contribution is -2.49. The minimum atomic E-state index is 0.515. The summed E-state index contributed by atoms with van der Waals surface area (Å²) in [5, 5.41) is 3.48. The molecule has 0 spiro atoms. The molecule has 1 N–H and O–H groups in total. The summed E-state index contributed by atoms with van der Waals surface area (Å²) in [5.41, 5.74) is 0. The van der Waals surface area contributed by atoms with E-state index in [9.17, 15) is 0 Å². The van der Waals surface area contributed by atoms with Crippen molar-refractivity contribution in [1.82, 2.24) is 15.1 Å². The van der Waals surface area contributed by atoms with Crippen molar-refractivity contribution in [3.05, 3.63) is 0 Å². The molecule has 0 radical (unpaired) electrons. The predicted molar refractivity (Wildman–Crippen MR) is 84.2 cm³/mol. The Morgan fingerprint density at radius 3 is 2.35 bits per heavy atom. The zero-order valence-corrected chi connectivity index (χ0v) is 13.6. The Morgan fingerprint density at radius 1 is 1.10 bits per heavy atom. The van der Waals surface area contributed by atoms with Crippen LogP contribution in [0.3, 0.4) is 0 Å². The van der Waals surface area contributed by atoms with Crippen molar-refractivity contribution in [1.29, 1.82) is 0 Å². The maximum Gasteiger partial charge on any atom is 0.0605 e. The number of rotatable bonds is 8. The minimum Gasteiger partial charge on any atom is -0.377 e. The third-order valence-electron chi connectivity index (χ3n) is 4.44. The van der Waals surface area contributed by atoms with Crippen molar-refractivity contribution in [2.45, 2.75) is 45.8 Å². The molecule has 1 aliphatic heterocycles. The molecule has 1 saturated heterocycles. The molecule has 0 amide bonds. The summed E-state index contributed by atoms with van der Waals surface area (Å²) in [5.74, 6) is 0.785. The van der Waals surface area contributed by atoms with E-state index in [-0.39, 0.29) is 0 Å². The van der Waals surface area contributed by atoms with Gasteiger partial charge < -0.3 is 15.0 Å². The zero-order valence-electron chi connectivity index (χ0n) is 13.6. The average Bonchev–Trinajstić information content (AvgIpc) is 2.37. The van der Waals surface area contributed by atoms with Crippen molar-refractivity contribution in [2.24, 2.45) is 5.92 Å². The van der Waals surface area contributed by atoms with Crippen molar-refractivity contribution in [3.8, 4) is 0 Å². The first-order chi connectivity index (χ1) is 9.67. The van der Waals surface area contributed by atoms with E-state index in [4.69, 9.17) is 4.74 Å². The summed E-state index contributed by atoms with van der Waals surface area (Å²) in [7, 11) is 0. The van der Waals surface area contributed by atoms with E-state index in [0.717, 1.165) is 25.6 Å². The molecular weight excluding hydrogens is 250 g/mol. The highest BCUT2D eigenvalue weighted by Crippen LogP contribution is 2.23. The first kappa shape index (κ1) is 16.2. The third kappa shape index (κ3) is 5.32. The number of piperazine rings is 1. The number of nitrogens with one attached hydrogen (secondary N) is 1. The van der Waals surface area contributed by atoms with Crippen LogP contribution in [0.25, 0.3) is 0 Å². The van der Waals surface area contributed by atoms with Crippen LogP contribution in [0.15, 0.2) is 0 Å². The molecule has 20 heavy (non-hydrogen) atoms. The molecule has 118 valence electrons. The maximum atomic E-state index is 5.95. The molecule has 0 aromatic rings. The van der Waals surface area contributed by atoms with Gasteiger partial charge in [0.15, 0.2) is 0 Å². The van der Waals surface area contributed by atoms with Crippen molar-refractivity contribution in [3.63, 3.8) is 0 Å². The Balaban J connectivity index is 1.48. The first-order valence-corrected chi connectivity index (χ1v) is 8.47. The molecule has 2 aliphatic rings. The molecule has 4 heteroatoms. The Hall–Kier alpha value is -0.160. The molecule has 1 heterocycles. The van der Waals surface area contributed by atoms with Crippen molar-refractivity contribution in [2.75, 3.05) is 52.4 Å². The molecule has 2 fully saturated rings. The van der Waals surface area contributed by atoms with E-state index >= 15 is 0 Å². The Bertz CT molecular complexity index is 258. The monoisotopic (exact) mass is 283 g/mol. The largest absolute Gasteiger partial charge is 0.377 e. The van der Waals surface area contributed by atoms with Crippen LogP contribution >= 0.6 is 0 Å². The topological polar surface area (TPSA) is 27.7 Å². The fourth-order valence-corrected chi connectivity index (χ4v) is 3.22. The number of hydrogen-bond donors (Lipinski definition) is 1. The second kappa shape index (κ2) is 8.32. The smallest absolute Gasteiger partial charge is 0.0605 e. The second-order valence-corrected chi connectivity index (χ2v) is 6.75. The van der Waals surface area contributed by atoms with Crippen molar-refractivity contribution < 1.29 is 4.74 Å². The van der Waals surface area contributed by atoms with Gasteiger partial charge in [0.05, 0.1) is 12.7 Å². The SMILES string of the molecule is CCN[C@H]1C[C@H](OCCN2CCN(CC(C)C)CC2)C1. The number of ether oxygens (including phenoxy) is 1. The van der Waals surface area contributed by atoms with Crippen molar-refractivity contribution >= 4 is 0 Å². The second-order valence-electron chi connectivity index (χ2n) is 6.75. The fraction of sp³-hybridized carbons (Fsp3) is 1.00. The minimum absolute atomic E-state index is 0.515. The van der Waals surface area contributed by atoms with Crippen LogP contribution in [0.5, 0.6) is 0 Å². The van der Waals surface area contributed by atoms with Crippen LogP contribution in [0.1, 0.15) is 33.6 Å².